The highest BCUT2D eigenvalue weighted by Gasteiger charge is 2.14. The van der Waals surface area contributed by atoms with Crippen LogP contribution in [-0.2, 0) is 0 Å². The molecule has 2 aromatic rings. The first kappa shape index (κ1) is 10.9. The van der Waals surface area contributed by atoms with E-state index in [2.05, 4.69) is 11.9 Å². The van der Waals surface area contributed by atoms with Crippen molar-refractivity contribution in [3.63, 3.8) is 0 Å². The summed E-state index contributed by atoms with van der Waals surface area (Å²) < 4.78 is 18.9. The number of hydrogen-bond acceptors (Lipinski definition) is 2. The van der Waals surface area contributed by atoms with Gasteiger partial charge >= 0.3 is 0 Å². The molecule has 0 aliphatic carbocycles. The Morgan fingerprint density at radius 3 is 3.00 bits per heavy atom. The topological polar surface area (TPSA) is 25.2 Å². The van der Waals surface area contributed by atoms with Crippen LogP contribution in [0.4, 0.5) is 4.39 Å². The third-order valence-corrected chi connectivity index (χ3v) is 2.61. The zero-order valence-corrected chi connectivity index (χ0v) is 9.16. The molecule has 3 heteroatoms. The number of rotatable bonds is 4. The van der Waals surface area contributed by atoms with E-state index in [1.165, 1.54) is 6.07 Å². The molecule has 0 saturated carbocycles. The van der Waals surface area contributed by atoms with Crippen molar-refractivity contribution < 1.29 is 8.81 Å². The summed E-state index contributed by atoms with van der Waals surface area (Å²) in [5.41, 5.74) is 0.321. The molecule has 0 spiro atoms. The van der Waals surface area contributed by atoms with Gasteiger partial charge in [-0.2, -0.15) is 0 Å². The van der Waals surface area contributed by atoms with Crippen molar-refractivity contribution in [1.82, 2.24) is 5.32 Å². The molecule has 1 unspecified atom stereocenters. The molecule has 1 heterocycles. The van der Waals surface area contributed by atoms with Crippen molar-refractivity contribution in [2.75, 3.05) is 7.05 Å². The first-order valence-electron chi connectivity index (χ1n) is 5.22. The van der Waals surface area contributed by atoms with Crippen LogP contribution in [0.1, 0.15) is 18.2 Å². The average molecular weight is 219 g/mol. The average Bonchev–Trinajstić information content (AvgIpc) is 2.71. The van der Waals surface area contributed by atoms with E-state index >= 15 is 0 Å². The second-order valence-electron chi connectivity index (χ2n) is 3.67. The standard InChI is InChI=1S/C13H14FNO/c1-3-5-11(15-2)12-8-9-6-4-7-10(14)13(9)16-12/h3-4,6-8,11,15H,1,5H2,2H3. The Labute approximate surface area is 93.8 Å². The van der Waals surface area contributed by atoms with E-state index < -0.39 is 0 Å². The summed E-state index contributed by atoms with van der Waals surface area (Å²) in [5, 5.41) is 3.90. The predicted molar refractivity (Wildman–Crippen MR) is 62.8 cm³/mol. The smallest absolute Gasteiger partial charge is 0.169 e. The number of halogens is 1. The van der Waals surface area contributed by atoms with Crippen molar-refractivity contribution in [3.8, 4) is 0 Å². The molecule has 0 saturated heterocycles. The fourth-order valence-electron chi connectivity index (χ4n) is 1.76. The molecule has 0 amide bonds. The van der Waals surface area contributed by atoms with Crippen LogP contribution in [0.2, 0.25) is 0 Å². The maximum Gasteiger partial charge on any atom is 0.169 e. The number of benzene rings is 1. The summed E-state index contributed by atoms with van der Waals surface area (Å²) in [6.45, 7) is 3.69. The third kappa shape index (κ3) is 1.86. The molecule has 2 rings (SSSR count). The summed E-state index contributed by atoms with van der Waals surface area (Å²) in [5.74, 6) is 0.416. The minimum absolute atomic E-state index is 0.0456. The predicted octanol–water partition coefficient (Wildman–Crippen LogP) is 3.41. The third-order valence-electron chi connectivity index (χ3n) is 2.61. The van der Waals surface area contributed by atoms with Crippen molar-refractivity contribution in [2.45, 2.75) is 12.5 Å². The fourth-order valence-corrected chi connectivity index (χ4v) is 1.76. The fraction of sp³-hybridized carbons (Fsp3) is 0.231. The molecule has 0 bridgehead atoms. The van der Waals surface area contributed by atoms with Gasteiger partial charge in [0.15, 0.2) is 11.4 Å². The summed E-state index contributed by atoms with van der Waals surface area (Å²) in [6, 6.07) is 6.83. The van der Waals surface area contributed by atoms with Gasteiger partial charge in [-0.1, -0.05) is 18.2 Å². The van der Waals surface area contributed by atoms with Gasteiger partial charge in [0, 0.05) is 5.39 Å². The Balaban J connectivity index is 2.45. The number of hydrogen-bond donors (Lipinski definition) is 1. The molecule has 1 N–H and O–H groups in total. The Morgan fingerprint density at radius 2 is 2.38 bits per heavy atom. The number of furan rings is 1. The quantitative estimate of drug-likeness (QED) is 0.797. The Morgan fingerprint density at radius 1 is 1.56 bits per heavy atom. The molecule has 2 nitrogen and oxygen atoms in total. The van der Waals surface area contributed by atoms with Crippen molar-refractivity contribution in [3.05, 3.63) is 48.5 Å². The van der Waals surface area contributed by atoms with Crippen molar-refractivity contribution >= 4 is 11.0 Å². The van der Waals surface area contributed by atoms with Crippen LogP contribution >= 0.6 is 0 Å². The lowest BCUT2D eigenvalue weighted by molar-refractivity contribution is 0.446. The van der Waals surface area contributed by atoms with E-state index in [0.717, 1.165) is 17.6 Å². The van der Waals surface area contributed by atoms with Crippen LogP contribution in [0.3, 0.4) is 0 Å². The van der Waals surface area contributed by atoms with E-state index in [9.17, 15) is 4.39 Å². The van der Waals surface area contributed by atoms with E-state index in [4.69, 9.17) is 4.42 Å². The number of fused-ring (bicyclic) bond motifs is 1. The van der Waals surface area contributed by atoms with Crippen molar-refractivity contribution in [2.24, 2.45) is 0 Å². The van der Waals surface area contributed by atoms with Crippen LogP contribution in [0.5, 0.6) is 0 Å². The minimum Gasteiger partial charge on any atom is -0.456 e. The van der Waals surface area contributed by atoms with E-state index in [1.54, 1.807) is 6.07 Å². The van der Waals surface area contributed by atoms with Gasteiger partial charge in [0.25, 0.3) is 0 Å². The molecule has 0 fully saturated rings. The summed E-state index contributed by atoms with van der Waals surface area (Å²) in [4.78, 5) is 0. The summed E-state index contributed by atoms with van der Waals surface area (Å²) >= 11 is 0. The Kier molecular flexibility index (Phi) is 3.06. The van der Waals surface area contributed by atoms with Gasteiger partial charge in [-0.15, -0.1) is 6.58 Å². The van der Waals surface area contributed by atoms with Crippen LogP contribution in [0, 0.1) is 5.82 Å². The second kappa shape index (κ2) is 4.49. The monoisotopic (exact) mass is 219 g/mol. The molecule has 0 radical (unpaired) electrons. The zero-order chi connectivity index (χ0) is 11.5. The van der Waals surface area contributed by atoms with Gasteiger partial charge in [0.1, 0.15) is 5.76 Å². The van der Waals surface area contributed by atoms with Gasteiger partial charge in [-0.3, -0.25) is 0 Å². The van der Waals surface area contributed by atoms with E-state index in [0.29, 0.717) is 5.58 Å². The molecule has 0 aliphatic rings. The van der Waals surface area contributed by atoms with Gasteiger partial charge in [0.05, 0.1) is 6.04 Å². The highest BCUT2D eigenvalue weighted by Crippen LogP contribution is 2.27. The first-order chi connectivity index (χ1) is 7.76. The normalized spacial score (nSPS) is 12.9. The zero-order valence-electron chi connectivity index (χ0n) is 9.16. The molecule has 1 aromatic heterocycles. The molecule has 1 atom stereocenters. The van der Waals surface area contributed by atoms with E-state index in [-0.39, 0.29) is 11.9 Å². The maximum absolute atomic E-state index is 13.4. The summed E-state index contributed by atoms with van der Waals surface area (Å²) in [6.07, 6.45) is 2.56. The SMILES string of the molecule is C=CCC(NC)c1cc2cccc(F)c2o1. The lowest BCUT2D eigenvalue weighted by atomic mass is 10.1. The van der Waals surface area contributed by atoms with Gasteiger partial charge in [-0.25, -0.2) is 4.39 Å². The highest BCUT2D eigenvalue weighted by molar-refractivity contribution is 5.78. The number of para-hydroxylation sites is 1. The van der Waals surface area contributed by atoms with Crippen LogP contribution in [0.25, 0.3) is 11.0 Å². The molecule has 1 aromatic carbocycles. The van der Waals surface area contributed by atoms with Crippen molar-refractivity contribution in [1.29, 1.82) is 0 Å². The Bertz CT molecular complexity index is 504. The Hall–Kier alpha value is -1.61. The molecular weight excluding hydrogens is 205 g/mol. The lowest BCUT2D eigenvalue weighted by Crippen LogP contribution is -2.14. The maximum atomic E-state index is 13.4. The summed E-state index contributed by atoms with van der Waals surface area (Å²) in [7, 11) is 1.84. The van der Waals surface area contributed by atoms with Gasteiger partial charge in [0.2, 0.25) is 0 Å². The minimum atomic E-state index is -0.322. The molecule has 0 aliphatic heterocycles. The molecule has 16 heavy (non-hydrogen) atoms. The van der Waals surface area contributed by atoms with Gasteiger partial charge < -0.3 is 9.73 Å². The molecular formula is C13H14FNO. The van der Waals surface area contributed by atoms with Crippen LogP contribution < -0.4 is 5.32 Å². The first-order valence-corrected chi connectivity index (χ1v) is 5.22. The van der Waals surface area contributed by atoms with E-state index in [1.807, 2.05) is 25.3 Å². The van der Waals surface area contributed by atoms with Gasteiger partial charge in [-0.05, 0) is 25.6 Å². The van der Waals surface area contributed by atoms with Crippen LogP contribution in [-0.4, -0.2) is 7.05 Å². The van der Waals surface area contributed by atoms with Crippen LogP contribution in [0.15, 0.2) is 41.3 Å². The number of nitrogens with one attached hydrogen (secondary N) is 1. The molecule has 84 valence electrons. The largest absolute Gasteiger partial charge is 0.456 e. The second-order valence-corrected chi connectivity index (χ2v) is 3.67. The highest BCUT2D eigenvalue weighted by atomic mass is 19.1. The lowest BCUT2D eigenvalue weighted by Gasteiger charge is -2.09.